The Morgan fingerprint density at radius 3 is 1.13 bits per heavy atom. The molecule has 0 N–H and O–H groups in total. The molecule has 0 aromatic carbocycles. The smallest absolute Gasteiger partial charge is 0.0656 e. The summed E-state index contributed by atoms with van der Waals surface area (Å²) >= 11 is 3.71. The van der Waals surface area contributed by atoms with Gasteiger partial charge < -0.3 is 0 Å². The molecular weight excluding hydrogens is 464 g/mol. The Kier molecular flexibility index (Phi) is 25.5. The molecule has 0 bridgehead atoms. The zero-order valence-corrected chi connectivity index (χ0v) is 25.3. The SMILES string of the molecule is CCCCCCCCS(CCCCCCCC)(CCCCCCCC)[SiH2]CCCBr. The average molecular weight is 524 g/mol. The zero-order chi connectivity index (χ0) is 22.2. The molecule has 30 heavy (non-hydrogen) atoms. The lowest BCUT2D eigenvalue weighted by atomic mass is 10.1. The molecule has 184 valence electrons. The summed E-state index contributed by atoms with van der Waals surface area (Å²) in [5.41, 5.74) is 0. The Bertz CT molecular complexity index is 283. The van der Waals surface area contributed by atoms with Crippen LogP contribution in [0.4, 0.5) is 0 Å². The van der Waals surface area contributed by atoms with Crippen molar-refractivity contribution in [3.63, 3.8) is 0 Å². The fourth-order valence-corrected chi connectivity index (χ4v) is 16.7. The van der Waals surface area contributed by atoms with Crippen LogP contribution in [-0.2, 0) is 0 Å². The molecule has 0 rings (SSSR count). The van der Waals surface area contributed by atoms with Gasteiger partial charge in [-0.15, -0.1) is 0 Å². The van der Waals surface area contributed by atoms with Crippen molar-refractivity contribution in [1.29, 1.82) is 0 Å². The van der Waals surface area contributed by atoms with Crippen molar-refractivity contribution in [2.24, 2.45) is 0 Å². The van der Waals surface area contributed by atoms with Gasteiger partial charge in [0.25, 0.3) is 0 Å². The van der Waals surface area contributed by atoms with Crippen molar-refractivity contribution in [3.05, 3.63) is 0 Å². The van der Waals surface area contributed by atoms with Crippen molar-refractivity contribution in [3.8, 4) is 0 Å². The first-order chi connectivity index (χ1) is 14.7. The van der Waals surface area contributed by atoms with E-state index < -0.39 is 0 Å². The van der Waals surface area contributed by atoms with E-state index in [1.165, 1.54) is 108 Å². The zero-order valence-electron chi connectivity index (χ0n) is 21.5. The summed E-state index contributed by atoms with van der Waals surface area (Å²) in [6.45, 7) is 7.02. The van der Waals surface area contributed by atoms with E-state index in [2.05, 4.69) is 36.7 Å². The number of unbranched alkanes of at least 4 members (excludes halogenated alkanes) is 15. The molecule has 0 aromatic heterocycles. The Labute approximate surface area is 204 Å². The first kappa shape index (κ1) is 31.0. The third-order valence-corrected chi connectivity index (χ3v) is 18.5. The van der Waals surface area contributed by atoms with Crippen LogP contribution < -0.4 is 0 Å². The maximum atomic E-state index is 3.71. The summed E-state index contributed by atoms with van der Waals surface area (Å²) in [4.78, 5) is 0. The second-order valence-corrected chi connectivity index (χ2v) is 20.2. The van der Waals surface area contributed by atoms with Gasteiger partial charge in [-0.1, -0.05) is 139 Å². The first-order valence-electron chi connectivity index (χ1n) is 14.0. The Hall–Kier alpha value is 1.05. The molecule has 0 nitrogen and oxygen atoms in total. The van der Waals surface area contributed by atoms with Gasteiger partial charge in [0.2, 0.25) is 0 Å². The highest BCUT2D eigenvalue weighted by molar-refractivity contribution is 9.09. The lowest BCUT2D eigenvalue weighted by Gasteiger charge is -2.41. The van der Waals surface area contributed by atoms with Gasteiger partial charge in [-0.3, -0.25) is 9.48 Å². The van der Waals surface area contributed by atoms with Gasteiger partial charge in [0, 0.05) is 5.33 Å². The van der Waals surface area contributed by atoms with E-state index in [4.69, 9.17) is 0 Å². The monoisotopic (exact) mass is 522 g/mol. The van der Waals surface area contributed by atoms with E-state index in [1.807, 2.05) is 0 Å². The lowest BCUT2D eigenvalue weighted by molar-refractivity contribution is 0.619. The van der Waals surface area contributed by atoms with Crippen LogP contribution in [0.25, 0.3) is 0 Å². The van der Waals surface area contributed by atoms with Crippen LogP contribution in [0.2, 0.25) is 6.04 Å². The van der Waals surface area contributed by atoms with E-state index in [0.29, 0.717) is 0 Å². The highest BCUT2D eigenvalue weighted by atomic mass is 79.9. The fourth-order valence-electron chi connectivity index (χ4n) is 4.68. The maximum absolute atomic E-state index is 3.71. The molecule has 0 aliphatic heterocycles. The topological polar surface area (TPSA) is 0 Å². The van der Waals surface area contributed by atoms with Gasteiger partial charge in [-0.2, -0.15) is 0 Å². The second kappa shape index (κ2) is 24.7. The first-order valence-corrected chi connectivity index (χ1v) is 20.2. The van der Waals surface area contributed by atoms with Crippen molar-refractivity contribution < 1.29 is 0 Å². The largest absolute Gasteiger partial charge is 0.259 e. The minimum absolute atomic E-state index is 0.129. The van der Waals surface area contributed by atoms with Crippen LogP contribution >= 0.6 is 25.4 Å². The quantitative estimate of drug-likeness (QED) is 0.0634. The number of halogens is 1. The predicted molar refractivity (Wildman–Crippen MR) is 154 cm³/mol. The minimum Gasteiger partial charge on any atom is -0.259 e. The Balaban J connectivity index is 4.61. The molecule has 0 heterocycles. The summed E-state index contributed by atoms with van der Waals surface area (Å²) in [7, 11) is -0.0997. The van der Waals surface area contributed by atoms with Crippen LogP contribution in [-0.4, -0.2) is 31.3 Å². The summed E-state index contributed by atoms with van der Waals surface area (Å²) in [6, 6.07) is 1.61. The fraction of sp³-hybridized carbons (Fsp3) is 1.00. The third kappa shape index (κ3) is 19.7. The molecule has 0 amide bonds. The van der Waals surface area contributed by atoms with Crippen molar-refractivity contribution in [2.45, 2.75) is 149 Å². The molecule has 0 aliphatic rings. The van der Waals surface area contributed by atoms with E-state index in [1.54, 1.807) is 42.6 Å². The molecule has 0 aliphatic carbocycles. The number of alkyl halides is 1. The molecule has 3 heteroatoms. The van der Waals surface area contributed by atoms with Gasteiger partial charge in [0.15, 0.2) is 0 Å². The van der Waals surface area contributed by atoms with E-state index in [-0.39, 0.29) is 18.1 Å². The molecule has 0 spiro atoms. The van der Waals surface area contributed by atoms with E-state index >= 15 is 0 Å². The number of hydrogen-bond acceptors (Lipinski definition) is 0. The van der Waals surface area contributed by atoms with Crippen molar-refractivity contribution in [1.82, 2.24) is 0 Å². The molecule has 0 saturated carbocycles. The van der Waals surface area contributed by atoms with Gasteiger partial charge in [0.05, 0.1) is 8.67 Å². The molecule has 0 unspecified atom stereocenters. The van der Waals surface area contributed by atoms with Gasteiger partial charge in [-0.05, 0) is 42.9 Å². The number of hydrogen-bond donors (Lipinski definition) is 0. The Morgan fingerprint density at radius 2 is 0.800 bits per heavy atom. The third-order valence-electron chi connectivity index (χ3n) is 6.75. The van der Waals surface area contributed by atoms with Crippen LogP contribution in [0, 0.1) is 0 Å². The molecule has 0 radical (unpaired) electrons. The second-order valence-electron chi connectivity index (χ2n) is 9.74. The average Bonchev–Trinajstić information content (AvgIpc) is 2.75. The highest BCUT2D eigenvalue weighted by Crippen LogP contribution is 2.50. The van der Waals surface area contributed by atoms with Gasteiger partial charge in [-0.25, -0.2) is 0 Å². The summed E-state index contributed by atoms with van der Waals surface area (Å²) in [6.07, 6.45) is 28.1. The van der Waals surface area contributed by atoms with Gasteiger partial charge >= 0.3 is 0 Å². The molecule has 0 atom stereocenters. The molecule has 0 saturated heterocycles. The van der Waals surface area contributed by atoms with Crippen molar-refractivity contribution >= 4 is 34.1 Å². The number of rotatable bonds is 25. The molecule has 0 fully saturated rings. The van der Waals surface area contributed by atoms with Gasteiger partial charge in [0.1, 0.15) is 0 Å². The highest BCUT2D eigenvalue weighted by Gasteiger charge is 2.23. The lowest BCUT2D eigenvalue weighted by Crippen LogP contribution is -2.20. The van der Waals surface area contributed by atoms with Crippen LogP contribution in [0.5, 0.6) is 0 Å². The summed E-state index contributed by atoms with van der Waals surface area (Å²) in [5, 5.41) is 1.24. The van der Waals surface area contributed by atoms with Crippen LogP contribution in [0.3, 0.4) is 0 Å². The standard InChI is InChI=1S/C27H59BrSSi/c1-4-7-10-13-16-19-24-29(30-27-22-23-28,25-20-17-14-11-8-5-2)26-21-18-15-12-9-6-3/h4-27,30H2,1-3H3. The van der Waals surface area contributed by atoms with Crippen LogP contribution in [0.1, 0.15) is 143 Å². The van der Waals surface area contributed by atoms with E-state index in [9.17, 15) is 0 Å². The Morgan fingerprint density at radius 1 is 0.467 bits per heavy atom. The van der Waals surface area contributed by atoms with Crippen molar-refractivity contribution in [2.75, 3.05) is 22.6 Å². The summed E-state index contributed by atoms with van der Waals surface area (Å²) in [5.74, 6) is 4.99. The molecular formula is C27H59BrSSi. The normalized spacial score (nSPS) is 12.9. The maximum Gasteiger partial charge on any atom is 0.0656 e. The van der Waals surface area contributed by atoms with E-state index in [0.717, 1.165) is 0 Å². The van der Waals surface area contributed by atoms with Crippen LogP contribution in [0.15, 0.2) is 0 Å². The summed E-state index contributed by atoms with van der Waals surface area (Å²) < 4.78 is 0. The minimum atomic E-state index is -0.229. The molecule has 0 aromatic rings. The predicted octanol–water partition coefficient (Wildman–Crippen LogP) is 10.2.